The largest absolute Gasteiger partial charge is 0.485 e. The van der Waals surface area contributed by atoms with Crippen LogP contribution < -0.4 is 14.8 Å². The first kappa shape index (κ1) is 16.5. The number of nitrogens with one attached hydrogen (secondary N) is 1. The number of para-hydroxylation sites is 2. The standard InChI is InChI=1S/C19H16ClN3O3/c20-14-7-5-13(6-8-14)11-23-18(9-10-21-23)22-19(24)17-12-25-15-3-1-2-4-16(15)26-17/h1-10,17H,11-12H2,(H,22,24). The fourth-order valence-corrected chi connectivity index (χ4v) is 2.81. The molecule has 1 aromatic heterocycles. The van der Waals surface area contributed by atoms with E-state index in [1.807, 2.05) is 42.5 Å². The second-order valence-corrected chi connectivity index (χ2v) is 6.29. The van der Waals surface area contributed by atoms with Gasteiger partial charge in [-0.25, -0.2) is 4.68 Å². The third-order valence-corrected chi connectivity index (χ3v) is 4.27. The molecule has 1 N–H and O–H groups in total. The zero-order chi connectivity index (χ0) is 17.9. The van der Waals surface area contributed by atoms with Crippen molar-refractivity contribution in [2.45, 2.75) is 12.6 Å². The lowest BCUT2D eigenvalue weighted by atomic mass is 10.2. The number of halogens is 1. The average molecular weight is 370 g/mol. The third-order valence-electron chi connectivity index (χ3n) is 4.01. The highest BCUT2D eigenvalue weighted by atomic mass is 35.5. The monoisotopic (exact) mass is 369 g/mol. The van der Waals surface area contributed by atoms with Crippen LogP contribution in [0.3, 0.4) is 0 Å². The Hall–Kier alpha value is -2.99. The van der Waals surface area contributed by atoms with Gasteiger partial charge in [0.05, 0.1) is 12.7 Å². The van der Waals surface area contributed by atoms with Crippen LogP contribution in [0.25, 0.3) is 0 Å². The Balaban J connectivity index is 1.44. The SMILES string of the molecule is O=C(Nc1ccnn1Cc1ccc(Cl)cc1)C1COc2ccccc2O1. The summed E-state index contributed by atoms with van der Waals surface area (Å²) in [6.07, 6.45) is 0.919. The van der Waals surface area contributed by atoms with Crippen LogP contribution in [-0.2, 0) is 11.3 Å². The van der Waals surface area contributed by atoms with E-state index in [0.717, 1.165) is 5.56 Å². The van der Waals surface area contributed by atoms with Crippen molar-refractivity contribution < 1.29 is 14.3 Å². The van der Waals surface area contributed by atoms with Gasteiger partial charge in [0.15, 0.2) is 11.5 Å². The van der Waals surface area contributed by atoms with Gasteiger partial charge in [-0.1, -0.05) is 35.9 Å². The van der Waals surface area contributed by atoms with Crippen LogP contribution >= 0.6 is 11.6 Å². The number of hydrogen-bond donors (Lipinski definition) is 1. The Morgan fingerprint density at radius 1 is 1.15 bits per heavy atom. The minimum absolute atomic E-state index is 0.161. The summed E-state index contributed by atoms with van der Waals surface area (Å²) in [5, 5.41) is 7.80. The molecular formula is C19H16ClN3O3. The van der Waals surface area contributed by atoms with Crippen molar-refractivity contribution >= 4 is 23.3 Å². The van der Waals surface area contributed by atoms with Crippen LogP contribution in [0, 0.1) is 0 Å². The molecule has 0 bridgehead atoms. The number of carbonyl (C=O) groups excluding carboxylic acids is 1. The fourth-order valence-electron chi connectivity index (χ4n) is 2.68. The molecule has 0 fully saturated rings. The lowest BCUT2D eigenvalue weighted by Crippen LogP contribution is -2.40. The average Bonchev–Trinajstić information content (AvgIpc) is 3.10. The van der Waals surface area contributed by atoms with Crippen LogP contribution in [0.15, 0.2) is 60.8 Å². The smallest absolute Gasteiger partial charge is 0.270 e. The lowest BCUT2D eigenvalue weighted by Gasteiger charge is -2.25. The molecule has 6 nitrogen and oxygen atoms in total. The Morgan fingerprint density at radius 3 is 2.73 bits per heavy atom. The predicted octanol–water partition coefficient (Wildman–Crippen LogP) is 3.36. The van der Waals surface area contributed by atoms with Crippen molar-refractivity contribution in [2.75, 3.05) is 11.9 Å². The molecule has 0 spiro atoms. The van der Waals surface area contributed by atoms with E-state index in [-0.39, 0.29) is 12.5 Å². The van der Waals surface area contributed by atoms with Crippen LogP contribution in [0.4, 0.5) is 5.82 Å². The number of nitrogens with zero attached hydrogens (tertiary/aromatic N) is 2. The van der Waals surface area contributed by atoms with Gasteiger partial charge in [-0.05, 0) is 29.8 Å². The number of aromatic nitrogens is 2. The highest BCUT2D eigenvalue weighted by Crippen LogP contribution is 2.31. The lowest BCUT2D eigenvalue weighted by molar-refractivity contribution is -0.125. The second kappa shape index (κ2) is 7.09. The van der Waals surface area contributed by atoms with Crippen LogP contribution in [0.2, 0.25) is 5.02 Å². The first-order valence-corrected chi connectivity index (χ1v) is 8.52. The van der Waals surface area contributed by atoms with Gasteiger partial charge in [0.2, 0.25) is 6.10 Å². The molecule has 1 atom stereocenters. The Kier molecular flexibility index (Phi) is 4.50. The highest BCUT2D eigenvalue weighted by molar-refractivity contribution is 6.30. The molecule has 0 saturated carbocycles. The van der Waals surface area contributed by atoms with Gasteiger partial charge >= 0.3 is 0 Å². The van der Waals surface area contributed by atoms with Gasteiger partial charge in [-0.3, -0.25) is 4.79 Å². The number of anilines is 1. The maximum absolute atomic E-state index is 12.5. The van der Waals surface area contributed by atoms with Gasteiger partial charge in [0.1, 0.15) is 12.4 Å². The molecule has 1 aliphatic heterocycles. The Labute approximate surface area is 155 Å². The number of rotatable bonds is 4. The number of hydrogen-bond acceptors (Lipinski definition) is 4. The summed E-state index contributed by atoms with van der Waals surface area (Å²) in [6, 6.07) is 16.5. The molecule has 0 aliphatic carbocycles. The van der Waals surface area contributed by atoms with Crippen LogP contribution in [-0.4, -0.2) is 28.4 Å². The van der Waals surface area contributed by atoms with E-state index in [2.05, 4.69) is 10.4 Å². The van der Waals surface area contributed by atoms with E-state index in [1.54, 1.807) is 23.0 Å². The molecule has 1 amide bonds. The molecule has 0 saturated heterocycles. The van der Waals surface area contributed by atoms with Gasteiger partial charge in [0, 0.05) is 11.1 Å². The molecule has 1 aliphatic rings. The molecule has 2 heterocycles. The fraction of sp³-hybridized carbons (Fsp3) is 0.158. The minimum atomic E-state index is -0.719. The summed E-state index contributed by atoms with van der Waals surface area (Å²) < 4.78 is 13.0. The van der Waals surface area contributed by atoms with Crippen molar-refractivity contribution in [3.63, 3.8) is 0 Å². The first-order valence-electron chi connectivity index (χ1n) is 8.14. The summed E-state index contributed by atoms with van der Waals surface area (Å²) in [6.45, 7) is 0.679. The Morgan fingerprint density at radius 2 is 1.92 bits per heavy atom. The molecule has 3 aromatic rings. The summed E-state index contributed by atoms with van der Waals surface area (Å²) in [7, 11) is 0. The van der Waals surface area contributed by atoms with Gasteiger partial charge in [-0.15, -0.1) is 0 Å². The molecule has 132 valence electrons. The van der Waals surface area contributed by atoms with E-state index in [0.29, 0.717) is 28.9 Å². The van der Waals surface area contributed by atoms with Crippen LogP contribution in [0.5, 0.6) is 11.5 Å². The summed E-state index contributed by atoms with van der Waals surface area (Å²) >= 11 is 5.91. The zero-order valence-electron chi connectivity index (χ0n) is 13.8. The maximum atomic E-state index is 12.5. The number of carbonyl (C=O) groups is 1. The minimum Gasteiger partial charge on any atom is -0.485 e. The van der Waals surface area contributed by atoms with Gasteiger partial charge < -0.3 is 14.8 Å². The topological polar surface area (TPSA) is 65.4 Å². The summed E-state index contributed by atoms with van der Waals surface area (Å²) in [4.78, 5) is 12.5. The van der Waals surface area contributed by atoms with Crippen LogP contribution in [0.1, 0.15) is 5.56 Å². The molecule has 7 heteroatoms. The molecule has 2 aromatic carbocycles. The van der Waals surface area contributed by atoms with E-state index in [4.69, 9.17) is 21.1 Å². The molecular weight excluding hydrogens is 354 g/mol. The molecule has 0 radical (unpaired) electrons. The number of ether oxygens (including phenoxy) is 2. The third kappa shape index (κ3) is 3.50. The highest BCUT2D eigenvalue weighted by Gasteiger charge is 2.27. The van der Waals surface area contributed by atoms with Crippen molar-refractivity contribution in [3.8, 4) is 11.5 Å². The maximum Gasteiger partial charge on any atom is 0.270 e. The molecule has 4 rings (SSSR count). The van der Waals surface area contributed by atoms with Crippen molar-refractivity contribution in [2.24, 2.45) is 0 Å². The Bertz CT molecular complexity index is 924. The quantitative estimate of drug-likeness (QED) is 0.765. The first-order chi connectivity index (χ1) is 12.7. The predicted molar refractivity (Wildman–Crippen MR) is 97.8 cm³/mol. The number of amides is 1. The summed E-state index contributed by atoms with van der Waals surface area (Å²) in [5.74, 6) is 1.52. The van der Waals surface area contributed by atoms with Gasteiger partial charge in [-0.2, -0.15) is 5.10 Å². The molecule has 1 unspecified atom stereocenters. The number of fused-ring (bicyclic) bond motifs is 1. The summed E-state index contributed by atoms with van der Waals surface area (Å²) in [5.41, 5.74) is 1.03. The van der Waals surface area contributed by atoms with Gasteiger partial charge in [0.25, 0.3) is 5.91 Å². The second-order valence-electron chi connectivity index (χ2n) is 5.85. The normalized spacial score (nSPS) is 15.5. The van der Waals surface area contributed by atoms with Crippen molar-refractivity contribution in [3.05, 3.63) is 71.4 Å². The van der Waals surface area contributed by atoms with Crippen molar-refractivity contribution in [1.82, 2.24) is 9.78 Å². The van der Waals surface area contributed by atoms with E-state index in [9.17, 15) is 4.79 Å². The molecule has 26 heavy (non-hydrogen) atoms. The van der Waals surface area contributed by atoms with E-state index >= 15 is 0 Å². The van der Waals surface area contributed by atoms with Crippen molar-refractivity contribution in [1.29, 1.82) is 0 Å². The number of benzene rings is 2. The van der Waals surface area contributed by atoms with E-state index < -0.39 is 6.10 Å². The zero-order valence-corrected chi connectivity index (χ0v) is 14.5. The van der Waals surface area contributed by atoms with E-state index in [1.165, 1.54) is 0 Å².